The van der Waals surface area contributed by atoms with Crippen LogP contribution in [0.1, 0.15) is 28.5 Å². The fourth-order valence-corrected chi connectivity index (χ4v) is 1.88. The monoisotopic (exact) mass is 269 g/mol. The Hall–Kier alpha value is -2.81. The van der Waals surface area contributed by atoms with Crippen LogP contribution in [0.4, 0.5) is 11.4 Å². The highest BCUT2D eigenvalue weighted by Gasteiger charge is 2.16. The van der Waals surface area contributed by atoms with E-state index in [2.05, 4.69) is 16.5 Å². The number of carbonyl (C=O) groups excluding carboxylic acids is 1. The lowest BCUT2D eigenvalue weighted by Gasteiger charge is -2.07. The molecule has 1 heterocycles. The molecule has 0 aliphatic carbocycles. The number of nitrogens with two attached hydrogens (primary N) is 1. The minimum Gasteiger partial charge on any atom is -0.396 e. The van der Waals surface area contributed by atoms with Crippen molar-refractivity contribution in [1.29, 1.82) is 5.26 Å². The number of amides is 1. The number of hydrogen-bond acceptors (Lipinski definition) is 4. The number of rotatable bonds is 3. The smallest absolute Gasteiger partial charge is 0.278 e. The highest BCUT2D eigenvalue weighted by Crippen LogP contribution is 2.20. The molecule has 6 heteroatoms. The SMILES string of the molecule is CCn1cc(N)c(C(=O)Nc2cccc(C)c2C#N)n1. The first-order valence-electron chi connectivity index (χ1n) is 6.20. The lowest BCUT2D eigenvalue weighted by atomic mass is 10.1. The summed E-state index contributed by atoms with van der Waals surface area (Å²) >= 11 is 0. The lowest BCUT2D eigenvalue weighted by Crippen LogP contribution is -2.15. The van der Waals surface area contributed by atoms with Gasteiger partial charge in [0, 0.05) is 12.7 Å². The van der Waals surface area contributed by atoms with Gasteiger partial charge in [-0.15, -0.1) is 0 Å². The van der Waals surface area contributed by atoms with Gasteiger partial charge in [0.25, 0.3) is 5.91 Å². The zero-order valence-corrected chi connectivity index (χ0v) is 11.3. The molecule has 0 aliphatic heterocycles. The number of aryl methyl sites for hydroxylation is 2. The molecule has 0 saturated carbocycles. The molecule has 6 nitrogen and oxygen atoms in total. The Morgan fingerprint density at radius 2 is 2.30 bits per heavy atom. The molecule has 20 heavy (non-hydrogen) atoms. The van der Waals surface area contributed by atoms with E-state index in [1.54, 1.807) is 23.0 Å². The van der Waals surface area contributed by atoms with Gasteiger partial charge in [-0.05, 0) is 25.5 Å². The van der Waals surface area contributed by atoms with Gasteiger partial charge in [0.05, 0.1) is 16.9 Å². The third-order valence-corrected chi connectivity index (χ3v) is 2.96. The molecule has 2 aromatic rings. The summed E-state index contributed by atoms with van der Waals surface area (Å²) in [4.78, 5) is 12.2. The van der Waals surface area contributed by atoms with Crippen LogP contribution < -0.4 is 11.1 Å². The van der Waals surface area contributed by atoms with Crippen molar-refractivity contribution in [3.8, 4) is 6.07 Å². The van der Waals surface area contributed by atoms with Crippen molar-refractivity contribution >= 4 is 17.3 Å². The quantitative estimate of drug-likeness (QED) is 0.889. The Morgan fingerprint density at radius 3 is 2.90 bits per heavy atom. The fraction of sp³-hybridized carbons (Fsp3) is 0.214. The van der Waals surface area contributed by atoms with Gasteiger partial charge >= 0.3 is 0 Å². The summed E-state index contributed by atoms with van der Waals surface area (Å²) in [7, 11) is 0. The van der Waals surface area contributed by atoms with Gasteiger partial charge in [0.1, 0.15) is 6.07 Å². The van der Waals surface area contributed by atoms with Crippen molar-refractivity contribution in [2.45, 2.75) is 20.4 Å². The Bertz CT molecular complexity index is 696. The van der Waals surface area contributed by atoms with Crippen LogP contribution in [0.5, 0.6) is 0 Å². The molecule has 1 amide bonds. The van der Waals surface area contributed by atoms with Crippen molar-refractivity contribution in [3.05, 3.63) is 41.2 Å². The highest BCUT2D eigenvalue weighted by molar-refractivity contribution is 6.06. The highest BCUT2D eigenvalue weighted by atomic mass is 16.2. The molecule has 0 fully saturated rings. The van der Waals surface area contributed by atoms with E-state index in [4.69, 9.17) is 11.0 Å². The zero-order valence-electron chi connectivity index (χ0n) is 11.3. The lowest BCUT2D eigenvalue weighted by molar-refractivity contribution is 0.102. The van der Waals surface area contributed by atoms with E-state index in [0.717, 1.165) is 5.56 Å². The summed E-state index contributed by atoms with van der Waals surface area (Å²) in [5.41, 5.74) is 7.95. The number of benzene rings is 1. The van der Waals surface area contributed by atoms with Crippen LogP contribution in [-0.4, -0.2) is 15.7 Å². The van der Waals surface area contributed by atoms with Gasteiger partial charge < -0.3 is 11.1 Å². The molecule has 0 bridgehead atoms. The topological polar surface area (TPSA) is 96.7 Å². The van der Waals surface area contributed by atoms with E-state index in [9.17, 15) is 4.79 Å². The van der Waals surface area contributed by atoms with Gasteiger partial charge in [0.15, 0.2) is 5.69 Å². The standard InChI is InChI=1S/C14H15N5O/c1-3-19-8-11(16)13(18-19)14(20)17-12-6-4-5-9(2)10(12)7-15/h4-6,8H,3,16H2,1-2H3,(H,17,20). The van der Waals surface area contributed by atoms with E-state index >= 15 is 0 Å². The number of hydrogen-bond donors (Lipinski definition) is 2. The summed E-state index contributed by atoms with van der Waals surface area (Å²) in [6.07, 6.45) is 1.61. The van der Waals surface area contributed by atoms with Gasteiger partial charge in [-0.2, -0.15) is 10.4 Å². The van der Waals surface area contributed by atoms with Crippen LogP contribution in [0.25, 0.3) is 0 Å². The molecule has 1 aromatic heterocycles. The van der Waals surface area contributed by atoms with Crippen LogP contribution in [-0.2, 0) is 6.54 Å². The molecule has 3 N–H and O–H groups in total. The number of anilines is 2. The molecular weight excluding hydrogens is 254 g/mol. The first-order valence-corrected chi connectivity index (χ1v) is 6.20. The maximum absolute atomic E-state index is 12.2. The molecule has 102 valence electrons. The first-order chi connectivity index (χ1) is 9.56. The summed E-state index contributed by atoms with van der Waals surface area (Å²) in [6.45, 7) is 4.35. The van der Waals surface area contributed by atoms with Crippen molar-refractivity contribution in [1.82, 2.24) is 9.78 Å². The molecular formula is C14H15N5O. The second-order valence-electron chi connectivity index (χ2n) is 4.35. The Labute approximate surface area is 116 Å². The summed E-state index contributed by atoms with van der Waals surface area (Å²) in [5, 5.41) is 15.9. The van der Waals surface area contributed by atoms with Crippen LogP contribution in [0, 0.1) is 18.3 Å². The Balaban J connectivity index is 2.31. The maximum atomic E-state index is 12.2. The minimum atomic E-state index is -0.420. The van der Waals surface area contributed by atoms with Gasteiger partial charge in [-0.1, -0.05) is 12.1 Å². The average Bonchev–Trinajstić information content (AvgIpc) is 2.80. The maximum Gasteiger partial charge on any atom is 0.278 e. The molecule has 0 saturated heterocycles. The molecule has 0 aliphatic rings. The summed E-state index contributed by atoms with van der Waals surface area (Å²) < 4.78 is 1.59. The van der Waals surface area contributed by atoms with E-state index in [-0.39, 0.29) is 5.69 Å². The van der Waals surface area contributed by atoms with Crippen LogP contribution >= 0.6 is 0 Å². The second kappa shape index (κ2) is 5.45. The van der Waals surface area contributed by atoms with Crippen molar-refractivity contribution < 1.29 is 4.79 Å². The first kappa shape index (κ1) is 13.6. The number of nitrogens with one attached hydrogen (secondary N) is 1. The Morgan fingerprint density at radius 1 is 1.55 bits per heavy atom. The van der Waals surface area contributed by atoms with Crippen molar-refractivity contribution in [2.24, 2.45) is 0 Å². The third kappa shape index (κ3) is 2.47. The predicted octanol–water partition coefficient (Wildman–Crippen LogP) is 1.92. The van der Waals surface area contributed by atoms with Crippen LogP contribution in [0.3, 0.4) is 0 Å². The largest absolute Gasteiger partial charge is 0.396 e. The summed E-state index contributed by atoms with van der Waals surface area (Å²) in [5.74, 6) is -0.420. The number of aromatic nitrogens is 2. The van der Waals surface area contributed by atoms with Gasteiger partial charge in [0.2, 0.25) is 0 Å². The molecule has 0 spiro atoms. The van der Waals surface area contributed by atoms with E-state index < -0.39 is 5.91 Å². The number of nitrogens with zero attached hydrogens (tertiary/aromatic N) is 3. The third-order valence-electron chi connectivity index (χ3n) is 2.96. The predicted molar refractivity (Wildman–Crippen MR) is 76.2 cm³/mol. The minimum absolute atomic E-state index is 0.164. The molecule has 0 atom stereocenters. The van der Waals surface area contributed by atoms with Crippen molar-refractivity contribution in [2.75, 3.05) is 11.1 Å². The summed E-state index contributed by atoms with van der Waals surface area (Å²) in [6, 6.07) is 7.35. The second-order valence-corrected chi connectivity index (χ2v) is 4.35. The number of carbonyl (C=O) groups is 1. The molecule has 0 unspecified atom stereocenters. The van der Waals surface area contributed by atoms with Gasteiger partial charge in [-0.25, -0.2) is 0 Å². The van der Waals surface area contributed by atoms with E-state index in [0.29, 0.717) is 23.5 Å². The van der Waals surface area contributed by atoms with Gasteiger partial charge in [-0.3, -0.25) is 9.48 Å². The molecule has 0 radical (unpaired) electrons. The number of nitrogen functional groups attached to an aromatic ring is 1. The average molecular weight is 269 g/mol. The Kier molecular flexibility index (Phi) is 3.71. The normalized spacial score (nSPS) is 10.1. The number of nitriles is 1. The van der Waals surface area contributed by atoms with E-state index in [1.807, 2.05) is 19.9 Å². The molecule has 2 rings (SSSR count). The van der Waals surface area contributed by atoms with Crippen molar-refractivity contribution in [3.63, 3.8) is 0 Å². The van der Waals surface area contributed by atoms with Crippen LogP contribution in [0.2, 0.25) is 0 Å². The van der Waals surface area contributed by atoms with E-state index in [1.165, 1.54) is 0 Å². The molecule has 1 aromatic carbocycles. The fourth-order valence-electron chi connectivity index (χ4n) is 1.88. The zero-order chi connectivity index (χ0) is 14.7. The van der Waals surface area contributed by atoms with Crippen LogP contribution in [0.15, 0.2) is 24.4 Å².